The van der Waals surface area contributed by atoms with Crippen molar-refractivity contribution in [3.05, 3.63) is 82.7 Å². The lowest BCUT2D eigenvalue weighted by Crippen LogP contribution is -2.32. The van der Waals surface area contributed by atoms with E-state index < -0.39 is 17.8 Å². The molecular formula is C19H11NO4S. The van der Waals surface area contributed by atoms with Crippen molar-refractivity contribution < 1.29 is 19.2 Å². The van der Waals surface area contributed by atoms with Gasteiger partial charge in [-0.1, -0.05) is 47.5 Å². The number of nitrogens with zero attached hydrogens (tertiary/aromatic N) is 1. The molecule has 0 radical (unpaired) electrons. The van der Waals surface area contributed by atoms with Crippen LogP contribution >= 0.6 is 11.3 Å². The number of hydroxylamine groups is 2. The summed E-state index contributed by atoms with van der Waals surface area (Å²) in [5, 5.41) is 0.523. The number of rotatable bonds is 3. The van der Waals surface area contributed by atoms with Gasteiger partial charge in [0, 0.05) is 4.88 Å². The minimum absolute atomic E-state index is 0.233. The molecule has 0 aliphatic carbocycles. The van der Waals surface area contributed by atoms with Gasteiger partial charge in [-0.3, -0.25) is 9.59 Å². The van der Waals surface area contributed by atoms with Crippen LogP contribution in [0, 0.1) is 0 Å². The fraction of sp³-hybridized carbons (Fsp3) is 0. The Bertz CT molecular complexity index is 958. The second-order valence-electron chi connectivity index (χ2n) is 5.36. The monoisotopic (exact) mass is 349 g/mol. The van der Waals surface area contributed by atoms with Gasteiger partial charge in [-0.25, -0.2) is 4.79 Å². The third-order valence-corrected chi connectivity index (χ3v) is 4.91. The molecule has 5 nitrogen and oxygen atoms in total. The number of carbonyl (C=O) groups excluding carboxylic acids is 3. The second-order valence-corrected chi connectivity index (χ2v) is 6.44. The van der Waals surface area contributed by atoms with Crippen LogP contribution in [0.3, 0.4) is 0 Å². The number of amides is 2. The van der Waals surface area contributed by atoms with E-state index in [2.05, 4.69) is 0 Å². The number of fused-ring (bicyclic) bond motifs is 1. The van der Waals surface area contributed by atoms with E-state index in [1.807, 2.05) is 30.3 Å². The molecule has 2 amide bonds. The largest absolute Gasteiger partial charge is 0.373 e. The number of thiophene rings is 1. The van der Waals surface area contributed by atoms with Crippen molar-refractivity contribution in [2.45, 2.75) is 0 Å². The van der Waals surface area contributed by atoms with Gasteiger partial charge in [0.25, 0.3) is 11.8 Å². The molecule has 0 saturated carbocycles. The summed E-state index contributed by atoms with van der Waals surface area (Å²) in [6.45, 7) is 0. The Morgan fingerprint density at radius 3 is 2.04 bits per heavy atom. The van der Waals surface area contributed by atoms with Crippen molar-refractivity contribution in [1.29, 1.82) is 0 Å². The lowest BCUT2D eigenvalue weighted by atomic mass is 10.1. The van der Waals surface area contributed by atoms with Crippen molar-refractivity contribution in [1.82, 2.24) is 5.06 Å². The first-order chi connectivity index (χ1) is 12.1. The van der Waals surface area contributed by atoms with Gasteiger partial charge >= 0.3 is 5.97 Å². The smallest absolute Gasteiger partial charge is 0.323 e. The summed E-state index contributed by atoms with van der Waals surface area (Å²) in [5.74, 6) is -2.00. The fourth-order valence-corrected chi connectivity index (χ4v) is 3.47. The highest BCUT2D eigenvalue weighted by Gasteiger charge is 2.38. The average molecular weight is 349 g/mol. The summed E-state index contributed by atoms with van der Waals surface area (Å²) >= 11 is 1.24. The molecule has 0 saturated heterocycles. The maximum Gasteiger partial charge on any atom is 0.373 e. The van der Waals surface area contributed by atoms with Crippen LogP contribution in [0.15, 0.2) is 66.7 Å². The summed E-state index contributed by atoms with van der Waals surface area (Å²) in [5.41, 5.74) is 1.44. The first-order valence-electron chi connectivity index (χ1n) is 7.50. The third-order valence-electron chi connectivity index (χ3n) is 3.80. The summed E-state index contributed by atoms with van der Waals surface area (Å²) in [6.07, 6.45) is 0. The van der Waals surface area contributed by atoms with Gasteiger partial charge in [0.05, 0.1) is 11.1 Å². The normalized spacial score (nSPS) is 13.0. The van der Waals surface area contributed by atoms with Crippen LogP contribution in [0.4, 0.5) is 0 Å². The summed E-state index contributed by atoms with van der Waals surface area (Å²) in [6, 6.07) is 19.4. The van der Waals surface area contributed by atoms with E-state index in [0.717, 1.165) is 10.4 Å². The van der Waals surface area contributed by atoms with Crippen LogP contribution < -0.4 is 0 Å². The van der Waals surface area contributed by atoms with Crippen LogP contribution in [0.2, 0.25) is 0 Å². The summed E-state index contributed by atoms with van der Waals surface area (Å²) in [4.78, 5) is 43.1. The maximum absolute atomic E-state index is 12.3. The first kappa shape index (κ1) is 15.3. The van der Waals surface area contributed by atoms with Gasteiger partial charge in [-0.2, -0.15) is 0 Å². The highest BCUT2D eigenvalue weighted by molar-refractivity contribution is 7.17. The Balaban J connectivity index is 1.55. The van der Waals surface area contributed by atoms with Crippen LogP contribution in [0.5, 0.6) is 0 Å². The third kappa shape index (κ3) is 2.62. The molecule has 0 atom stereocenters. The van der Waals surface area contributed by atoms with Gasteiger partial charge in [0.2, 0.25) is 0 Å². The van der Waals surface area contributed by atoms with Crippen molar-refractivity contribution in [3.8, 4) is 10.4 Å². The minimum Gasteiger partial charge on any atom is -0.323 e. The first-order valence-corrected chi connectivity index (χ1v) is 8.32. The lowest BCUT2D eigenvalue weighted by Gasteiger charge is -2.11. The quantitative estimate of drug-likeness (QED) is 0.675. The molecule has 0 unspecified atom stereocenters. The van der Waals surface area contributed by atoms with E-state index in [1.54, 1.807) is 24.3 Å². The predicted octanol–water partition coefficient (Wildman–Crippen LogP) is 3.78. The Morgan fingerprint density at radius 1 is 0.800 bits per heavy atom. The topological polar surface area (TPSA) is 63.7 Å². The molecule has 1 aromatic heterocycles. The molecule has 2 heterocycles. The fourth-order valence-electron chi connectivity index (χ4n) is 2.58. The van der Waals surface area contributed by atoms with Crippen molar-refractivity contribution >= 4 is 29.1 Å². The van der Waals surface area contributed by atoms with Crippen molar-refractivity contribution in [2.24, 2.45) is 0 Å². The molecule has 25 heavy (non-hydrogen) atoms. The average Bonchev–Trinajstić information content (AvgIpc) is 3.23. The SMILES string of the molecule is O=C(ON1C(=O)c2ccccc2C1=O)c1ccc(-c2ccccc2)s1. The molecule has 0 fully saturated rings. The standard InChI is InChI=1S/C19H11NO4S/c21-17-13-8-4-5-9-14(13)18(22)20(17)24-19(23)16-11-10-15(25-16)12-6-2-1-3-7-12/h1-11H. The molecular weight excluding hydrogens is 338 g/mol. The van der Waals surface area contributed by atoms with Gasteiger partial charge in [-0.15, -0.1) is 11.3 Å². The maximum atomic E-state index is 12.3. The zero-order chi connectivity index (χ0) is 17.4. The van der Waals surface area contributed by atoms with Gasteiger partial charge < -0.3 is 4.84 Å². The zero-order valence-corrected chi connectivity index (χ0v) is 13.7. The minimum atomic E-state index is -0.735. The van der Waals surface area contributed by atoms with E-state index >= 15 is 0 Å². The van der Waals surface area contributed by atoms with Crippen LogP contribution in [0.1, 0.15) is 30.4 Å². The number of hydrogen-bond donors (Lipinski definition) is 0. The molecule has 6 heteroatoms. The van der Waals surface area contributed by atoms with Crippen molar-refractivity contribution in [3.63, 3.8) is 0 Å². The molecule has 4 rings (SSSR count). The predicted molar refractivity (Wildman–Crippen MR) is 92.1 cm³/mol. The molecule has 0 spiro atoms. The lowest BCUT2D eigenvalue weighted by molar-refractivity contribution is -0.0581. The number of benzene rings is 2. The van der Waals surface area contributed by atoms with E-state index in [4.69, 9.17) is 4.84 Å². The highest BCUT2D eigenvalue weighted by atomic mass is 32.1. The molecule has 122 valence electrons. The summed E-state index contributed by atoms with van der Waals surface area (Å²) < 4.78 is 0. The number of carbonyl (C=O) groups is 3. The second kappa shape index (κ2) is 5.99. The van der Waals surface area contributed by atoms with Crippen LogP contribution in [0.25, 0.3) is 10.4 Å². The Hall–Kier alpha value is -3.25. The van der Waals surface area contributed by atoms with Crippen LogP contribution in [-0.4, -0.2) is 22.8 Å². The van der Waals surface area contributed by atoms with E-state index in [0.29, 0.717) is 9.94 Å². The number of hydrogen-bond acceptors (Lipinski definition) is 5. The molecule has 2 aromatic carbocycles. The zero-order valence-electron chi connectivity index (χ0n) is 12.8. The molecule has 0 N–H and O–H groups in total. The van der Waals surface area contributed by atoms with Gasteiger partial charge in [-0.05, 0) is 29.8 Å². The van der Waals surface area contributed by atoms with E-state index in [-0.39, 0.29) is 11.1 Å². The Labute approximate surface area is 147 Å². The van der Waals surface area contributed by atoms with E-state index in [1.165, 1.54) is 23.5 Å². The van der Waals surface area contributed by atoms with Gasteiger partial charge in [0.15, 0.2) is 0 Å². The summed E-state index contributed by atoms with van der Waals surface area (Å²) in [7, 11) is 0. The van der Waals surface area contributed by atoms with E-state index in [9.17, 15) is 14.4 Å². The highest BCUT2D eigenvalue weighted by Crippen LogP contribution is 2.29. The van der Waals surface area contributed by atoms with Crippen molar-refractivity contribution in [2.75, 3.05) is 0 Å². The number of imide groups is 1. The molecule has 1 aliphatic heterocycles. The Morgan fingerprint density at radius 2 is 1.40 bits per heavy atom. The molecule has 1 aliphatic rings. The van der Waals surface area contributed by atoms with Crippen LogP contribution in [-0.2, 0) is 4.84 Å². The Kier molecular flexibility index (Phi) is 3.66. The molecule has 3 aromatic rings. The van der Waals surface area contributed by atoms with Gasteiger partial charge in [0.1, 0.15) is 4.88 Å². The molecule has 0 bridgehead atoms.